The van der Waals surface area contributed by atoms with Crippen molar-refractivity contribution in [2.24, 2.45) is 0 Å². The van der Waals surface area contributed by atoms with Crippen molar-refractivity contribution in [2.45, 2.75) is 19.0 Å². The Hall–Kier alpha value is -1.75. The van der Waals surface area contributed by atoms with E-state index in [-0.39, 0.29) is 0 Å². The third kappa shape index (κ3) is 3.22. The summed E-state index contributed by atoms with van der Waals surface area (Å²) in [6.45, 7) is 3.42. The summed E-state index contributed by atoms with van der Waals surface area (Å²) in [7, 11) is 4.36. The van der Waals surface area contributed by atoms with Gasteiger partial charge in [-0.15, -0.1) is 11.3 Å². The van der Waals surface area contributed by atoms with E-state index in [2.05, 4.69) is 66.4 Å². The maximum Gasteiger partial charge on any atom is 0.124 e. The van der Waals surface area contributed by atoms with Crippen LogP contribution in [0.1, 0.15) is 12.0 Å². The van der Waals surface area contributed by atoms with Crippen molar-refractivity contribution in [1.29, 1.82) is 0 Å². The van der Waals surface area contributed by atoms with Gasteiger partial charge in [0.25, 0.3) is 0 Å². The molecule has 1 aliphatic rings. The van der Waals surface area contributed by atoms with Crippen LogP contribution in [0.4, 0.5) is 0 Å². The first-order valence-electron chi connectivity index (χ1n) is 8.53. The molecule has 0 bridgehead atoms. The Kier molecular flexibility index (Phi) is 4.35. The number of likely N-dealkylation sites (tertiary alicyclic amines) is 1. The molecule has 1 aliphatic heterocycles. The van der Waals surface area contributed by atoms with E-state index in [9.17, 15) is 0 Å². The highest BCUT2D eigenvalue weighted by Crippen LogP contribution is 2.30. The molecule has 0 radical (unpaired) electrons. The standard InChI is InChI=1S/C20H23N3S/c1-22(2)17-11-12-23(14-17)13-15-7-9-16(10-8-15)20-21-18-5-3-4-6-19(18)24-20/h3-10,17H,11-14H2,1-2H3. The number of nitrogens with zero attached hydrogens (tertiary/aromatic N) is 3. The zero-order valence-corrected chi connectivity index (χ0v) is 15.1. The van der Waals surface area contributed by atoms with Crippen LogP contribution in [0, 0.1) is 0 Å². The van der Waals surface area contributed by atoms with E-state index in [1.807, 2.05) is 6.07 Å². The van der Waals surface area contributed by atoms with Crippen molar-refractivity contribution in [3.63, 3.8) is 0 Å². The van der Waals surface area contributed by atoms with Gasteiger partial charge in [0.1, 0.15) is 5.01 Å². The SMILES string of the molecule is CN(C)C1CCN(Cc2ccc(-c3nc4ccccc4s3)cc2)C1. The van der Waals surface area contributed by atoms with Crippen LogP contribution in [-0.2, 0) is 6.54 Å². The fourth-order valence-electron chi connectivity index (χ4n) is 3.38. The predicted molar refractivity (Wildman–Crippen MR) is 102 cm³/mol. The van der Waals surface area contributed by atoms with E-state index in [0.717, 1.165) is 17.1 Å². The summed E-state index contributed by atoms with van der Waals surface area (Å²) in [6.07, 6.45) is 1.27. The van der Waals surface area contributed by atoms with Gasteiger partial charge in [-0.05, 0) is 38.2 Å². The summed E-state index contributed by atoms with van der Waals surface area (Å²) in [5.41, 5.74) is 3.69. The minimum absolute atomic E-state index is 0.701. The molecule has 2 heterocycles. The maximum absolute atomic E-state index is 4.75. The topological polar surface area (TPSA) is 19.4 Å². The molecule has 24 heavy (non-hydrogen) atoms. The second-order valence-corrected chi connectivity index (χ2v) is 7.86. The van der Waals surface area contributed by atoms with Gasteiger partial charge in [-0.1, -0.05) is 36.4 Å². The first kappa shape index (κ1) is 15.8. The smallest absolute Gasteiger partial charge is 0.124 e. The second kappa shape index (κ2) is 6.63. The van der Waals surface area contributed by atoms with E-state index < -0.39 is 0 Å². The van der Waals surface area contributed by atoms with Crippen molar-refractivity contribution < 1.29 is 0 Å². The van der Waals surface area contributed by atoms with Crippen molar-refractivity contribution in [2.75, 3.05) is 27.2 Å². The Bertz CT molecular complexity index is 789. The average Bonchev–Trinajstić information content (AvgIpc) is 3.22. The number of aromatic nitrogens is 1. The molecule has 1 atom stereocenters. The van der Waals surface area contributed by atoms with Gasteiger partial charge >= 0.3 is 0 Å². The summed E-state index contributed by atoms with van der Waals surface area (Å²) in [6, 6.07) is 18.0. The Morgan fingerprint density at radius 3 is 2.62 bits per heavy atom. The molecule has 1 unspecified atom stereocenters. The maximum atomic E-state index is 4.75. The largest absolute Gasteiger partial charge is 0.305 e. The number of likely N-dealkylation sites (N-methyl/N-ethyl adjacent to an activating group) is 1. The lowest BCUT2D eigenvalue weighted by Gasteiger charge is -2.20. The molecular formula is C20H23N3S. The molecule has 1 saturated heterocycles. The van der Waals surface area contributed by atoms with Gasteiger partial charge in [0, 0.05) is 31.2 Å². The van der Waals surface area contributed by atoms with Crippen LogP contribution in [0.25, 0.3) is 20.8 Å². The molecule has 0 spiro atoms. The lowest BCUT2D eigenvalue weighted by Crippen LogP contribution is -2.31. The van der Waals surface area contributed by atoms with Crippen LogP contribution < -0.4 is 0 Å². The van der Waals surface area contributed by atoms with Gasteiger partial charge in [0.05, 0.1) is 10.2 Å². The van der Waals surface area contributed by atoms with Crippen LogP contribution in [0.3, 0.4) is 0 Å². The molecule has 124 valence electrons. The summed E-state index contributed by atoms with van der Waals surface area (Å²) in [5, 5.41) is 1.11. The number of rotatable bonds is 4. The fourth-order valence-corrected chi connectivity index (χ4v) is 4.36. The van der Waals surface area contributed by atoms with Crippen LogP contribution in [-0.4, -0.2) is 48.0 Å². The highest BCUT2D eigenvalue weighted by Gasteiger charge is 2.23. The van der Waals surface area contributed by atoms with E-state index in [1.165, 1.54) is 35.3 Å². The van der Waals surface area contributed by atoms with Crippen LogP contribution in [0.5, 0.6) is 0 Å². The van der Waals surface area contributed by atoms with Crippen molar-refractivity contribution in [3.05, 3.63) is 54.1 Å². The lowest BCUT2D eigenvalue weighted by atomic mass is 10.1. The Morgan fingerprint density at radius 1 is 1.12 bits per heavy atom. The van der Waals surface area contributed by atoms with E-state index in [4.69, 9.17) is 4.98 Å². The summed E-state index contributed by atoms with van der Waals surface area (Å²) < 4.78 is 1.25. The van der Waals surface area contributed by atoms with Crippen LogP contribution in [0.2, 0.25) is 0 Å². The van der Waals surface area contributed by atoms with Crippen molar-refractivity contribution >= 4 is 21.6 Å². The van der Waals surface area contributed by atoms with Gasteiger partial charge in [-0.3, -0.25) is 4.90 Å². The van der Waals surface area contributed by atoms with E-state index in [0.29, 0.717) is 6.04 Å². The summed E-state index contributed by atoms with van der Waals surface area (Å²) in [5.74, 6) is 0. The molecular weight excluding hydrogens is 314 g/mol. The zero-order chi connectivity index (χ0) is 16.5. The molecule has 1 aromatic heterocycles. The summed E-state index contributed by atoms with van der Waals surface area (Å²) in [4.78, 5) is 9.64. The quantitative estimate of drug-likeness (QED) is 0.714. The Labute approximate surface area is 147 Å². The highest BCUT2D eigenvalue weighted by atomic mass is 32.1. The Balaban J connectivity index is 1.47. The number of hydrogen-bond donors (Lipinski definition) is 0. The first-order valence-corrected chi connectivity index (χ1v) is 9.34. The van der Waals surface area contributed by atoms with E-state index in [1.54, 1.807) is 11.3 Å². The lowest BCUT2D eigenvalue weighted by molar-refractivity contribution is 0.264. The highest BCUT2D eigenvalue weighted by molar-refractivity contribution is 7.21. The summed E-state index contributed by atoms with van der Waals surface area (Å²) >= 11 is 1.77. The van der Waals surface area contributed by atoms with Gasteiger partial charge in [-0.25, -0.2) is 4.98 Å². The number of fused-ring (bicyclic) bond motifs is 1. The molecule has 0 N–H and O–H groups in total. The monoisotopic (exact) mass is 337 g/mol. The third-order valence-corrected chi connectivity index (χ3v) is 5.96. The minimum atomic E-state index is 0.701. The molecule has 0 amide bonds. The first-order chi connectivity index (χ1) is 11.7. The number of benzene rings is 2. The fraction of sp³-hybridized carbons (Fsp3) is 0.350. The number of thiazole rings is 1. The average molecular weight is 337 g/mol. The predicted octanol–water partition coefficient (Wildman–Crippen LogP) is 4.10. The molecule has 0 aliphatic carbocycles. The second-order valence-electron chi connectivity index (χ2n) is 6.82. The van der Waals surface area contributed by atoms with Gasteiger partial charge in [0.15, 0.2) is 0 Å². The van der Waals surface area contributed by atoms with Gasteiger partial charge in [0.2, 0.25) is 0 Å². The molecule has 3 aromatic rings. The normalized spacial score (nSPS) is 18.7. The third-order valence-electron chi connectivity index (χ3n) is 4.88. The molecule has 2 aromatic carbocycles. The minimum Gasteiger partial charge on any atom is -0.305 e. The molecule has 1 fully saturated rings. The van der Waals surface area contributed by atoms with Crippen LogP contribution in [0.15, 0.2) is 48.5 Å². The molecule has 0 saturated carbocycles. The molecule has 4 heteroatoms. The van der Waals surface area contributed by atoms with Gasteiger partial charge < -0.3 is 4.90 Å². The number of para-hydroxylation sites is 1. The van der Waals surface area contributed by atoms with Gasteiger partial charge in [-0.2, -0.15) is 0 Å². The van der Waals surface area contributed by atoms with E-state index >= 15 is 0 Å². The van der Waals surface area contributed by atoms with Crippen LogP contribution >= 0.6 is 11.3 Å². The zero-order valence-electron chi connectivity index (χ0n) is 14.3. The number of hydrogen-bond acceptors (Lipinski definition) is 4. The Morgan fingerprint density at radius 2 is 1.92 bits per heavy atom. The molecule has 4 rings (SSSR count). The molecule has 3 nitrogen and oxygen atoms in total. The van der Waals surface area contributed by atoms with Crippen molar-refractivity contribution in [3.8, 4) is 10.6 Å². The van der Waals surface area contributed by atoms with Crippen molar-refractivity contribution in [1.82, 2.24) is 14.8 Å².